The van der Waals surface area contributed by atoms with Crippen molar-refractivity contribution in [1.82, 2.24) is 10.0 Å². The molecule has 0 unspecified atom stereocenters. The number of hydrogen-bond donors (Lipinski definition) is 2. The van der Waals surface area contributed by atoms with E-state index in [0.29, 0.717) is 18.7 Å². The van der Waals surface area contributed by atoms with E-state index in [2.05, 4.69) is 71.3 Å². The first-order valence-electron chi connectivity index (χ1n) is 10.5. The third kappa shape index (κ3) is 6.44. The largest absolute Gasteiger partial charge is 0.497 e. The summed E-state index contributed by atoms with van der Waals surface area (Å²) in [6.07, 6.45) is 4.19. The molecule has 32 heavy (non-hydrogen) atoms. The van der Waals surface area contributed by atoms with Crippen LogP contribution in [-0.4, -0.2) is 28.6 Å². The van der Waals surface area contributed by atoms with Crippen molar-refractivity contribution in [1.29, 1.82) is 0 Å². The molecule has 3 aromatic rings. The number of fused-ring (bicyclic) bond motifs is 1. The van der Waals surface area contributed by atoms with Crippen molar-refractivity contribution in [2.24, 2.45) is 0 Å². The molecule has 1 atom stereocenters. The van der Waals surface area contributed by atoms with E-state index in [1.807, 2.05) is 6.08 Å². The third-order valence-corrected chi connectivity index (χ3v) is 6.52. The molecule has 3 rings (SSSR count). The molecule has 0 aromatic heterocycles. The molecule has 0 aliphatic heterocycles. The molecule has 0 heterocycles. The molecular formula is C26H28N2O3S. The first-order chi connectivity index (χ1) is 15.5. The van der Waals surface area contributed by atoms with Crippen molar-refractivity contribution in [2.75, 3.05) is 20.2 Å². The van der Waals surface area contributed by atoms with Crippen molar-refractivity contribution < 1.29 is 13.2 Å². The molecule has 0 amide bonds. The van der Waals surface area contributed by atoms with E-state index in [4.69, 9.17) is 4.74 Å². The highest BCUT2D eigenvalue weighted by Crippen LogP contribution is 2.23. The molecule has 0 radical (unpaired) electrons. The van der Waals surface area contributed by atoms with Crippen molar-refractivity contribution in [2.45, 2.75) is 24.3 Å². The maximum absolute atomic E-state index is 12.2. The number of methoxy groups -OCH3 is 1. The molecule has 0 aliphatic rings. The molecule has 5 nitrogen and oxygen atoms in total. The van der Waals surface area contributed by atoms with Crippen LogP contribution in [0.2, 0.25) is 0 Å². The summed E-state index contributed by atoms with van der Waals surface area (Å²) in [6.45, 7) is 3.10. The number of hydrogen-bond acceptors (Lipinski definition) is 4. The maximum atomic E-state index is 12.2. The van der Waals surface area contributed by atoms with Crippen molar-refractivity contribution in [3.05, 3.63) is 84.4 Å². The smallest absolute Gasteiger partial charge is 0.240 e. The van der Waals surface area contributed by atoms with Crippen LogP contribution in [0.15, 0.2) is 83.8 Å². The van der Waals surface area contributed by atoms with Gasteiger partial charge in [-0.3, -0.25) is 0 Å². The van der Waals surface area contributed by atoms with Gasteiger partial charge in [0.2, 0.25) is 10.0 Å². The monoisotopic (exact) mass is 448 g/mol. The Bertz CT molecular complexity index is 1220. The predicted molar refractivity (Wildman–Crippen MR) is 130 cm³/mol. The molecule has 166 valence electrons. The second-order valence-corrected chi connectivity index (χ2v) is 9.01. The summed E-state index contributed by atoms with van der Waals surface area (Å²) in [6, 6.07) is 21.2. The Morgan fingerprint density at radius 2 is 1.78 bits per heavy atom. The Labute approximate surface area is 190 Å². The van der Waals surface area contributed by atoms with Crippen LogP contribution in [0.1, 0.15) is 24.9 Å². The first-order valence-corrected chi connectivity index (χ1v) is 12.0. The van der Waals surface area contributed by atoms with Gasteiger partial charge in [-0.25, -0.2) is 13.1 Å². The van der Waals surface area contributed by atoms with Crippen molar-refractivity contribution >= 4 is 20.8 Å². The molecule has 3 aromatic carbocycles. The summed E-state index contributed by atoms with van der Waals surface area (Å²) in [4.78, 5) is 0.206. The Hall–Kier alpha value is -3.11. The maximum Gasteiger partial charge on any atom is 0.240 e. The standard InChI is InChI=1S/C26H28N2O3S/c1-21(25-14-10-12-22-11-6-7-13-26(22)25)27-19-8-4-3-5-9-20-28-32(29,30)24-17-15-23(31-2)16-18-24/h4,6-8,10-18,21,27-28H,9,19-20H2,1-2H3/t21-/m1/s1. The summed E-state index contributed by atoms with van der Waals surface area (Å²) in [5.74, 6) is 6.52. The van der Waals surface area contributed by atoms with Gasteiger partial charge in [-0.05, 0) is 53.6 Å². The first kappa shape index (κ1) is 23.6. The second kappa shape index (κ2) is 11.5. The summed E-state index contributed by atoms with van der Waals surface area (Å²) in [5, 5.41) is 5.98. The summed E-state index contributed by atoms with van der Waals surface area (Å²) >= 11 is 0. The van der Waals surface area contributed by atoms with Gasteiger partial charge >= 0.3 is 0 Å². The Morgan fingerprint density at radius 1 is 1.03 bits per heavy atom. The van der Waals surface area contributed by atoms with E-state index >= 15 is 0 Å². The van der Waals surface area contributed by atoms with Crippen LogP contribution >= 0.6 is 0 Å². The second-order valence-electron chi connectivity index (χ2n) is 7.25. The van der Waals surface area contributed by atoms with Gasteiger partial charge in [-0.1, -0.05) is 60.4 Å². The number of nitrogens with one attached hydrogen (secondary N) is 2. The van der Waals surface area contributed by atoms with E-state index in [1.165, 1.54) is 35.6 Å². The number of allylic oxidation sites excluding steroid dienone is 1. The van der Waals surface area contributed by atoms with E-state index < -0.39 is 10.0 Å². The Balaban J connectivity index is 1.41. The molecule has 0 aliphatic carbocycles. The van der Waals surface area contributed by atoms with E-state index in [9.17, 15) is 8.42 Å². The highest BCUT2D eigenvalue weighted by Gasteiger charge is 2.12. The molecule has 0 saturated heterocycles. The van der Waals surface area contributed by atoms with Crippen LogP contribution in [0.25, 0.3) is 10.8 Å². The highest BCUT2D eigenvalue weighted by atomic mass is 32.2. The lowest BCUT2D eigenvalue weighted by atomic mass is 10.00. The SMILES string of the molecule is COc1ccc(S(=O)(=O)NCCC#CC=CCN[C@H](C)c2cccc3ccccc23)cc1. The van der Waals surface area contributed by atoms with Crippen LogP contribution in [0, 0.1) is 11.8 Å². The zero-order chi connectivity index (χ0) is 22.8. The van der Waals surface area contributed by atoms with Gasteiger partial charge in [0, 0.05) is 25.6 Å². The third-order valence-electron chi connectivity index (χ3n) is 5.05. The summed E-state index contributed by atoms with van der Waals surface area (Å²) < 4.78 is 32.1. The van der Waals surface area contributed by atoms with Crippen LogP contribution in [0.5, 0.6) is 5.75 Å². The molecule has 0 bridgehead atoms. The van der Waals surface area contributed by atoms with E-state index in [1.54, 1.807) is 18.2 Å². The molecule has 0 saturated carbocycles. The van der Waals surface area contributed by atoms with Gasteiger partial charge < -0.3 is 10.1 Å². The number of rotatable bonds is 9. The Morgan fingerprint density at radius 3 is 2.56 bits per heavy atom. The normalized spacial score (nSPS) is 12.4. The quantitative estimate of drug-likeness (QED) is 0.375. The van der Waals surface area contributed by atoms with Crippen LogP contribution < -0.4 is 14.8 Å². The molecule has 0 fully saturated rings. The minimum atomic E-state index is -3.54. The summed E-state index contributed by atoms with van der Waals surface area (Å²) in [5.41, 5.74) is 1.27. The average molecular weight is 449 g/mol. The highest BCUT2D eigenvalue weighted by molar-refractivity contribution is 7.89. The lowest BCUT2D eigenvalue weighted by Crippen LogP contribution is -2.24. The van der Waals surface area contributed by atoms with Gasteiger partial charge in [0.25, 0.3) is 0 Å². The molecular weight excluding hydrogens is 420 g/mol. The van der Waals surface area contributed by atoms with E-state index in [-0.39, 0.29) is 17.5 Å². The minimum Gasteiger partial charge on any atom is -0.497 e. The Kier molecular flexibility index (Phi) is 8.46. The van der Waals surface area contributed by atoms with Gasteiger partial charge in [0.1, 0.15) is 5.75 Å². The number of ether oxygens (including phenoxy) is 1. The minimum absolute atomic E-state index is 0.206. The molecule has 6 heteroatoms. The number of sulfonamides is 1. The lowest BCUT2D eigenvalue weighted by molar-refractivity contribution is 0.414. The van der Waals surface area contributed by atoms with E-state index in [0.717, 1.165) is 0 Å². The van der Waals surface area contributed by atoms with Crippen LogP contribution in [-0.2, 0) is 10.0 Å². The fraction of sp³-hybridized carbons (Fsp3) is 0.231. The predicted octanol–water partition coefficient (Wildman–Crippen LogP) is 4.43. The lowest BCUT2D eigenvalue weighted by Gasteiger charge is -2.15. The van der Waals surface area contributed by atoms with Gasteiger partial charge in [0.15, 0.2) is 0 Å². The molecule has 0 spiro atoms. The van der Waals surface area contributed by atoms with Crippen LogP contribution in [0.3, 0.4) is 0 Å². The van der Waals surface area contributed by atoms with Crippen molar-refractivity contribution in [3.63, 3.8) is 0 Å². The van der Waals surface area contributed by atoms with Gasteiger partial charge in [-0.2, -0.15) is 0 Å². The zero-order valence-corrected chi connectivity index (χ0v) is 19.2. The van der Waals surface area contributed by atoms with Crippen molar-refractivity contribution in [3.8, 4) is 17.6 Å². The summed E-state index contributed by atoms with van der Waals surface area (Å²) in [7, 11) is -2.00. The zero-order valence-electron chi connectivity index (χ0n) is 18.3. The van der Waals surface area contributed by atoms with Crippen LogP contribution in [0.4, 0.5) is 0 Å². The fourth-order valence-electron chi connectivity index (χ4n) is 3.32. The average Bonchev–Trinajstić information content (AvgIpc) is 2.82. The molecule has 2 N–H and O–H groups in total. The fourth-order valence-corrected chi connectivity index (χ4v) is 4.35. The topological polar surface area (TPSA) is 67.4 Å². The number of benzene rings is 3. The van der Waals surface area contributed by atoms with Gasteiger partial charge in [0.05, 0.1) is 12.0 Å². The van der Waals surface area contributed by atoms with Gasteiger partial charge in [-0.15, -0.1) is 0 Å².